The zero-order valence-electron chi connectivity index (χ0n) is 24.6. The zero-order valence-corrected chi connectivity index (χ0v) is 24.6. The summed E-state index contributed by atoms with van der Waals surface area (Å²) in [4.78, 5) is 19.6. The number of hydrogen-bond acceptors (Lipinski definition) is 5. The van der Waals surface area contributed by atoms with Gasteiger partial charge in [0.15, 0.2) is 0 Å². The van der Waals surface area contributed by atoms with E-state index in [1.54, 1.807) is 21.0 Å². The largest absolute Gasteiger partial charge is 0.402 e. The Balaban J connectivity index is -0.000000197. The molecule has 1 unspecified atom stereocenters. The summed E-state index contributed by atoms with van der Waals surface area (Å²) in [6, 6.07) is 10.7. The lowest BCUT2D eigenvalue weighted by atomic mass is 9.97. The van der Waals surface area contributed by atoms with Crippen LogP contribution in [0, 0.1) is 0 Å². The van der Waals surface area contributed by atoms with E-state index in [2.05, 4.69) is 51.1 Å². The van der Waals surface area contributed by atoms with Gasteiger partial charge in [-0.25, -0.2) is 0 Å². The van der Waals surface area contributed by atoms with Gasteiger partial charge in [-0.3, -0.25) is 4.79 Å². The third-order valence-corrected chi connectivity index (χ3v) is 4.47. The molecular weight excluding hydrogens is 436 g/mol. The van der Waals surface area contributed by atoms with E-state index in [1.807, 2.05) is 33.8 Å². The van der Waals surface area contributed by atoms with Crippen LogP contribution < -0.4 is 11.5 Å². The molecule has 0 bridgehead atoms. The van der Waals surface area contributed by atoms with E-state index in [-0.39, 0.29) is 0 Å². The van der Waals surface area contributed by atoms with Crippen LogP contribution in [0.3, 0.4) is 0 Å². The Morgan fingerprint density at radius 3 is 1.77 bits per heavy atom. The molecule has 0 saturated heterocycles. The van der Waals surface area contributed by atoms with E-state index >= 15 is 0 Å². The van der Waals surface area contributed by atoms with Crippen LogP contribution in [0.15, 0.2) is 53.3 Å². The first-order chi connectivity index (χ1) is 16.5. The van der Waals surface area contributed by atoms with E-state index in [0.717, 1.165) is 54.6 Å². The first-order valence-corrected chi connectivity index (χ1v) is 12.9. The molecule has 0 fully saturated rings. The highest BCUT2D eigenvalue weighted by molar-refractivity contribution is 5.75. The maximum Gasteiger partial charge on any atom is 0.146 e. The summed E-state index contributed by atoms with van der Waals surface area (Å²) in [7, 11) is 1.58. The quantitative estimate of drug-likeness (QED) is 0.159. The van der Waals surface area contributed by atoms with Crippen molar-refractivity contribution in [2.24, 2.45) is 11.5 Å². The van der Waals surface area contributed by atoms with Gasteiger partial charge in [-0.2, -0.15) is 0 Å². The molecule has 0 heterocycles. The van der Waals surface area contributed by atoms with Gasteiger partial charge in [0.2, 0.25) is 0 Å². The average molecular weight is 493 g/mol. The number of aldehydes is 2. The number of nitrogens with two attached hydrogens (primary N) is 2. The minimum atomic E-state index is -0.458. The normalized spacial score (nSPS) is 11.8. The molecule has 0 aliphatic carbocycles. The monoisotopic (exact) mass is 492 g/mol. The van der Waals surface area contributed by atoms with E-state index < -0.39 is 5.72 Å². The van der Waals surface area contributed by atoms with Crippen LogP contribution in [0.25, 0.3) is 0 Å². The summed E-state index contributed by atoms with van der Waals surface area (Å²) in [6.07, 6.45) is 8.86. The molecule has 0 saturated carbocycles. The van der Waals surface area contributed by atoms with Crippen LogP contribution in [0.2, 0.25) is 0 Å². The van der Waals surface area contributed by atoms with Crippen LogP contribution in [0.1, 0.15) is 113 Å². The SMILES string of the molecule is CC.CC=O.CCC/C(C=O)=C(/C=C(\C)N)CC.CCCC(C)c1ccccc1.COC(C)(C)N. The number of ether oxygens (including phenoxy) is 1. The highest BCUT2D eigenvalue weighted by Gasteiger charge is 2.04. The minimum Gasteiger partial charge on any atom is -0.402 e. The molecule has 0 amide bonds. The summed E-state index contributed by atoms with van der Waals surface area (Å²) < 4.78 is 4.72. The zero-order chi connectivity index (χ0) is 28.3. The molecule has 0 aliphatic heterocycles. The van der Waals surface area contributed by atoms with Crippen molar-refractivity contribution in [3.8, 4) is 0 Å². The van der Waals surface area contributed by atoms with Gasteiger partial charge >= 0.3 is 0 Å². The third-order valence-electron chi connectivity index (χ3n) is 4.47. The number of benzene rings is 1. The van der Waals surface area contributed by atoms with Crippen LogP contribution in [0.5, 0.6) is 0 Å². The lowest BCUT2D eigenvalue weighted by Gasteiger charge is -2.14. The smallest absolute Gasteiger partial charge is 0.146 e. The summed E-state index contributed by atoms with van der Waals surface area (Å²) in [5.74, 6) is 0.723. The van der Waals surface area contributed by atoms with E-state index in [0.29, 0.717) is 0 Å². The number of rotatable bonds is 9. The standard InChI is InChI=1S/C11H19NO.C11H16.C4H11NO.C2H4O.C2H6/c1-4-6-11(8-13)10(5-2)7-9(3)12;1-3-7-10(2)11-8-5-4-6-9-11;1-4(2,5)6-3;1-2-3;1-2/h7-8H,4-6,12H2,1-3H3;4-6,8-10H,3,7H2,1-2H3;5H2,1-3H3;2H,1H3;1-2H3/b9-7+,11-10-;;;;. The first-order valence-electron chi connectivity index (χ1n) is 12.9. The molecule has 1 aromatic rings. The molecule has 0 spiro atoms. The van der Waals surface area contributed by atoms with Crippen LogP contribution in [0.4, 0.5) is 0 Å². The van der Waals surface area contributed by atoms with Crippen molar-refractivity contribution in [1.29, 1.82) is 0 Å². The van der Waals surface area contributed by atoms with Crippen molar-refractivity contribution in [2.75, 3.05) is 7.11 Å². The van der Waals surface area contributed by atoms with Crippen molar-refractivity contribution in [2.45, 2.75) is 113 Å². The lowest BCUT2D eigenvalue weighted by molar-refractivity contribution is -0.106. The van der Waals surface area contributed by atoms with Gasteiger partial charge in [0, 0.05) is 12.8 Å². The van der Waals surface area contributed by atoms with Gasteiger partial charge < -0.3 is 21.0 Å². The van der Waals surface area contributed by atoms with Crippen molar-refractivity contribution in [1.82, 2.24) is 0 Å². The summed E-state index contributed by atoms with van der Waals surface area (Å²) in [6.45, 7) is 19.5. The Morgan fingerprint density at radius 1 is 1.03 bits per heavy atom. The maximum absolute atomic E-state index is 10.7. The molecule has 5 heteroatoms. The van der Waals surface area contributed by atoms with Crippen molar-refractivity contribution in [3.05, 3.63) is 58.8 Å². The average Bonchev–Trinajstić information content (AvgIpc) is 2.84. The van der Waals surface area contributed by atoms with Crippen LogP contribution >= 0.6 is 0 Å². The number of hydrogen-bond donors (Lipinski definition) is 2. The Labute approximate surface area is 217 Å². The molecule has 4 N–H and O–H groups in total. The molecule has 0 aliphatic rings. The van der Waals surface area contributed by atoms with Crippen LogP contribution in [-0.2, 0) is 14.3 Å². The molecule has 204 valence electrons. The highest BCUT2D eigenvalue weighted by Crippen LogP contribution is 2.19. The molecule has 1 atom stereocenters. The van der Waals surface area contributed by atoms with Gasteiger partial charge in [0.1, 0.15) is 18.3 Å². The fraction of sp³-hybridized carbons (Fsp3) is 0.600. The first kappa shape index (κ1) is 40.0. The summed E-state index contributed by atoms with van der Waals surface area (Å²) in [5, 5.41) is 0. The lowest BCUT2D eigenvalue weighted by Crippen LogP contribution is -2.33. The van der Waals surface area contributed by atoms with Gasteiger partial charge in [0.25, 0.3) is 0 Å². The third kappa shape index (κ3) is 29.7. The Bertz CT molecular complexity index is 656. The Kier molecular flexibility index (Phi) is 32.0. The molecule has 35 heavy (non-hydrogen) atoms. The second-order valence-electron chi connectivity index (χ2n) is 8.30. The summed E-state index contributed by atoms with van der Waals surface area (Å²) in [5.41, 5.74) is 14.6. The van der Waals surface area contributed by atoms with E-state index in [9.17, 15) is 4.79 Å². The molecule has 0 radical (unpaired) electrons. The molecule has 0 aromatic heterocycles. The Hall–Kier alpha value is -2.24. The van der Waals surface area contributed by atoms with E-state index in [1.165, 1.54) is 25.3 Å². The fourth-order valence-corrected chi connectivity index (χ4v) is 2.64. The number of carbonyl (C=O) groups excluding carboxylic acids is 2. The van der Waals surface area contributed by atoms with Gasteiger partial charge in [-0.15, -0.1) is 0 Å². The predicted octanol–water partition coefficient (Wildman–Crippen LogP) is 7.70. The topological polar surface area (TPSA) is 95.4 Å². The second-order valence-corrected chi connectivity index (χ2v) is 8.30. The van der Waals surface area contributed by atoms with Crippen LogP contribution in [-0.4, -0.2) is 25.4 Å². The van der Waals surface area contributed by atoms with Gasteiger partial charge in [-0.05, 0) is 75.7 Å². The molecule has 5 nitrogen and oxygen atoms in total. The molecular formula is C30H56N2O3. The predicted molar refractivity (Wildman–Crippen MR) is 154 cm³/mol. The number of carbonyl (C=O) groups is 2. The van der Waals surface area contributed by atoms with Gasteiger partial charge in [0.05, 0.1) is 0 Å². The van der Waals surface area contributed by atoms with Crippen molar-refractivity contribution in [3.63, 3.8) is 0 Å². The van der Waals surface area contributed by atoms with E-state index in [4.69, 9.17) is 21.0 Å². The van der Waals surface area contributed by atoms with Crippen molar-refractivity contribution < 1.29 is 14.3 Å². The number of methoxy groups -OCH3 is 1. The fourth-order valence-electron chi connectivity index (χ4n) is 2.64. The minimum absolute atomic E-state index is 0.458. The maximum atomic E-state index is 10.7. The van der Waals surface area contributed by atoms with Gasteiger partial charge in [-0.1, -0.05) is 84.7 Å². The highest BCUT2D eigenvalue weighted by atomic mass is 16.5. The Morgan fingerprint density at radius 2 is 1.49 bits per heavy atom. The summed E-state index contributed by atoms with van der Waals surface area (Å²) >= 11 is 0. The molecule has 1 aromatic carbocycles. The molecule has 1 rings (SSSR count). The second kappa shape index (κ2) is 28.0. The number of allylic oxidation sites excluding steroid dienone is 4. The van der Waals surface area contributed by atoms with Crippen molar-refractivity contribution >= 4 is 12.6 Å².